The molecule has 0 fully saturated rings. The Morgan fingerprint density at radius 1 is 1.12 bits per heavy atom. The maximum atomic E-state index is 13.2. The number of nitrogen functional groups attached to an aromatic ring is 1. The molecule has 0 aliphatic carbocycles. The van der Waals surface area contributed by atoms with Crippen molar-refractivity contribution in [3.63, 3.8) is 0 Å². The van der Waals surface area contributed by atoms with E-state index in [1.807, 2.05) is 0 Å². The van der Waals surface area contributed by atoms with Gasteiger partial charge in [0.1, 0.15) is 11.6 Å². The number of halogens is 2. The van der Waals surface area contributed by atoms with Gasteiger partial charge >= 0.3 is 0 Å². The van der Waals surface area contributed by atoms with Gasteiger partial charge in [-0.05, 0) is 12.1 Å². The van der Waals surface area contributed by atoms with Crippen LogP contribution in [0.25, 0.3) is 0 Å². The normalized spacial score (nSPS) is 10.1. The van der Waals surface area contributed by atoms with Crippen molar-refractivity contribution in [3.8, 4) is 0 Å². The molecule has 4 nitrogen and oxygen atoms in total. The largest absolute Gasteiger partial charge is 0.396 e. The zero-order valence-corrected chi connectivity index (χ0v) is 8.11. The lowest BCUT2D eigenvalue weighted by Crippen LogP contribution is -2.00. The van der Waals surface area contributed by atoms with Gasteiger partial charge in [-0.2, -0.15) is 0 Å². The number of anilines is 3. The molecule has 0 bridgehead atoms. The molecule has 0 aliphatic rings. The van der Waals surface area contributed by atoms with E-state index in [9.17, 15) is 8.78 Å². The third-order valence-corrected chi connectivity index (χ3v) is 1.85. The monoisotopic (exact) mass is 222 g/mol. The maximum Gasteiger partial charge on any atom is 0.227 e. The third kappa shape index (κ3) is 2.22. The van der Waals surface area contributed by atoms with Crippen LogP contribution in [0.2, 0.25) is 0 Å². The molecule has 0 unspecified atom stereocenters. The highest BCUT2D eigenvalue weighted by Gasteiger charge is 2.04. The summed E-state index contributed by atoms with van der Waals surface area (Å²) in [6, 6.07) is 3.19. The first-order valence-electron chi connectivity index (χ1n) is 4.45. The average Bonchev–Trinajstić information content (AvgIpc) is 2.25. The van der Waals surface area contributed by atoms with E-state index in [1.165, 1.54) is 18.5 Å². The van der Waals surface area contributed by atoms with Crippen molar-refractivity contribution in [1.29, 1.82) is 0 Å². The van der Waals surface area contributed by atoms with Crippen LogP contribution in [0.15, 0.2) is 30.6 Å². The van der Waals surface area contributed by atoms with Crippen LogP contribution >= 0.6 is 0 Å². The van der Waals surface area contributed by atoms with Gasteiger partial charge in [0.25, 0.3) is 0 Å². The summed E-state index contributed by atoms with van der Waals surface area (Å²) < 4.78 is 25.9. The van der Waals surface area contributed by atoms with Gasteiger partial charge in [0.2, 0.25) is 5.95 Å². The van der Waals surface area contributed by atoms with Crippen LogP contribution in [0.1, 0.15) is 0 Å². The number of aromatic nitrogens is 2. The molecule has 3 N–H and O–H groups in total. The van der Waals surface area contributed by atoms with Gasteiger partial charge in [0.05, 0.1) is 23.8 Å². The highest BCUT2D eigenvalue weighted by atomic mass is 19.1. The third-order valence-electron chi connectivity index (χ3n) is 1.85. The minimum absolute atomic E-state index is 0.103. The predicted molar refractivity (Wildman–Crippen MR) is 56.1 cm³/mol. The van der Waals surface area contributed by atoms with Gasteiger partial charge in [-0.15, -0.1) is 0 Å². The fourth-order valence-electron chi connectivity index (χ4n) is 1.11. The molecule has 1 aromatic carbocycles. The number of nitrogens with one attached hydrogen (secondary N) is 1. The van der Waals surface area contributed by atoms with Crippen LogP contribution in [-0.4, -0.2) is 9.97 Å². The number of nitrogens with two attached hydrogens (primary N) is 1. The molecule has 1 heterocycles. The second kappa shape index (κ2) is 4.09. The molecule has 0 spiro atoms. The molecular weight excluding hydrogens is 214 g/mol. The summed E-state index contributed by atoms with van der Waals surface area (Å²) in [5.41, 5.74) is 5.90. The molecule has 0 aliphatic heterocycles. The molecule has 0 saturated heterocycles. The quantitative estimate of drug-likeness (QED) is 0.816. The summed E-state index contributed by atoms with van der Waals surface area (Å²) in [6.07, 6.45) is 2.77. The SMILES string of the molecule is Nc1cnc(Nc2ccc(F)cc2F)nc1. The van der Waals surface area contributed by atoms with Crippen molar-refractivity contribution in [2.75, 3.05) is 11.1 Å². The average molecular weight is 222 g/mol. The molecule has 0 radical (unpaired) electrons. The summed E-state index contributed by atoms with van der Waals surface area (Å²) in [4.78, 5) is 7.66. The Bertz CT molecular complexity index is 499. The van der Waals surface area contributed by atoms with Crippen molar-refractivity contribution >= 4 is 17.3 Å². The van der Waals surface area contributed by atoms with Crippen LogP contribution in [-0.2, 0) is 0 Å². The van der Waals surface area contributed by atoms with Gasteiger partial charge in [-0.3, -0.25) is 0 Å². The Labute approximate surface area is 90.1 Å². The lowest BCUT2D eigenvalue weighted by molar-refractivity contribution is 0.586. The highest BCUT2D eigenvalue weighted by Crippen LogP contribution is 2.18. The summed E-state index contributed by atoms with van der Waals surface area (Å²) in [6.45, 7) is 0. The molecule has 82 valence electrons. The summed E-state index contributed by atoms with van der Waals surface area (Å²) in [5, 5.41) is 2.61. The van der Waals surface area contributed by atoms with Gasteiger partial charge < -0.3 is 11.1 Å². The Hall–Kier alpha value is -2.24. The Balaban J connectivity index is 2.23. The van der Waals surface area contributed by atoms with Crippen molar-refractivity contribution in [3.05, 3.63) is 42.2 Å². The van der Waals surface area contributed by atoms with E-state index in [4.69, 9.17) is 5.73 Å². The summed E-state index contributed by atoms with van der Waals surface area (Å²) in [7, 11) is 0. The molecule has 2 aromatic rings. The van der Waals surface area contributed by atoms with Gasteiger partial charge in [0.15, 0.2) is 0 Å². The van der Waals surface area contributed by atoms with Crippen LogP contribution in [0.4, 0.5) is 26.1 Å². The Morgan fingerprint density at radius 2 is 1.81 bits per heavy atom. The van der Waals surface area contributed by atoms with E-state index < -0.39 is 11.6 Å². The van der Waals surface area contributed by atoms with E-state index in [-0.39, 0.29) is 11.6 Å². The number of hydrogen-bond donors (Lipinski definition) is 2. The second-order valence-electron chi connectivity index (χ2n) is 3.09. The minimum atomic E-state index is -0.708. The van der Waals surface area contributed by atoms with Crippen LogP contribution in [0.3, 0.4) is 0 Å². The van der Waals surface area contributed by atoms with Crippen LogP contribution in [0, 0.1) is 11.6 Å². The van der Waals surface area contributed by atoms with Crippen molar-refractivity contribution in [2.24, 2.45) is 0 Å². The Morgan fingerprint density at radius 3 is 2.44 bits per heavy atom. The van der Waals surface area contributed by atoms with Crippen molar-refractivity contribution < 1.29 is 8.78 Å². The molecule has 2 rings (SSSR count). The van der Waals surface area contributed by atoms with E-state index >= 15 is 0 Å². The number of benzene rings is 1. The fraction of sp³-hybridized carbons (Fsp3) is 0. The lowest BCUT2D eigenvalue weighted by Gasteiger charge is -2.05. The Kier molecular flexibility index (Phi) is 2.63. The van der Waals surface area contributed by atoms with E-state index in [0.29, 0.717) is 5.69 Å². The molecular formula is C10H8F2N4. The van der Waals surface area contributed by atoms with Gasteiger partial charge in [-0.25, -0.2) is 18.7 Å². The van der Waals surface area contributed by atoms with E-state index in [2.05, 4.69) is 15.3 Å². The molecule has 0 saturated carbocycles. The molecule has 0 atom stereocenters. The molecule has 1 aromatic heterocycles. The standard InChI is InChI=1S/C10H8F2N4/c11-6-1-2-9(8(12)3-6)16-10-14-4-7(13)5-15-10/h1-5H,13H2,(H,14,15,16). The van der Waals surface area contributed by atoms with Crippen LogP contribution < -0.4 is 11.1 Å². The van der Waals surface area contributed by atoms with Crippen LogP contribution in [0.5, 0.6) is 0 Å². The number of rotatable bonds is 2. The topological polar surface area (TPSA) is 63.8 Å². The van der Waals surface area contributed by atoms with Crippen molar-refractivity contribution in [2.45, 2.75) is 0 Å². The first kappa shape index (κ1) is 10.3. The number of nitrogens with zero attached hydrogens (tertiary/aromatic N) is 2. The smallest absolute Gasteiger partial charge is 0.227 e. The molecule has 16 heavy (non-hydrogen) atoms. The molecule has 0 amide bonds. The van der Waals surface area contributed by atoms with Gasteiger partial charge in [0, 0.05) is 6.07 Å². The summed E-state index contributed by atoms with van der Waals surface area (Å²) in [5.74, 6) is -1.15. The second-order valence-corrected chi connectivity index (χ2v) is 3.09. The van der Waals surface area contributed by atoms with E-state index in [0.717, 1.165) is 12.1 Å². The minimum Gasteiger partial charge on any atom is -0.396 e. The molecule has 6 heteroatoms. The van der Waals surface area contributed by atoms with Crippen molar-refractivity contribution in [1.82, 2.24) is 9.97 Å². The predicted octanol–water partition coefficient (Wildman–Crippen LogP) is 2.08. The number of hydrogen-bond acceptors (Lipinski definition) is 4. The fourth-order valence-corrected chi connectivity index (χ4v) is 1.11. The zero-order valence-electron chi connectivity index (χ0n) is 8.11. The first-order valence-corrected chi connectivity index (χ1v) is 4.45. The highest BCUT2D eigenvalue weighted by molar-refractivity contribution is 5.54. The maximum absolute atomic E-state index is 13.2. The van der Waals surface area contributed by atoms with E-state index in [1.54, 1.807) is 0 Å². The first-order chi connectivity index (χ1) is 7.65. The lowest BCUT2D eigenvalue weighted by atomic mass is 10.3. The zero-order chi connectivity index (χ0) is 11.5. The van der Waals surface area contributed by atoms with Gasteiger partial charge in [-0.1, -0.05) is 0 Å². The summed E-state index contributed by atoms with van der Waals surface area (Å²) >= 11 is 0.